The zero-order valence-electron chi connectivity index (χ0n) is 15.2. The average molecular weight is 384 g/mol. The molecule has 0 radical (unpaired) electrons. The molecule has 1 heterocycles. The lowest BCUT2D eigenvalue weighted by molar-refractivity contribution is -0.114. The number of carbonyl (C=O) groups is 1. The average Bonchev–Trinajstić information content (AvgIpc) is 2.66. The minimum absolute atomic E-state index is 0.0811. The Hall–Kier alpha value is -3.75. The van der Waals surface area contributed by atoms with Gasteiger partial charge in [-0.3, -0.25) is 9.59 Å². The molecule has 0 spiro atoms. The summed E-state index contributed by atoms with van der Waals surface area (Å²) in [6.45, 7) is 1.28. The summed E-state index contributed by atoms with van der Waals surface area (Å²) in [5, 5.41) is 6.59. The molecule has 3 rings (SSSR count). The quantitative estimate of drug-likeness (QED) is 0.720. The molecule has 0 aliphatic heterocycles. The van der Waals surface area contributed by atoms with Gasteiger partial charge in [-0.05, 0) is 35.9 Å². The molecule has 0 unspecified atom stereocenters. The zero-order chi connectivity index (χ0) is 20.3. The van der Waals surface area contributed by atoms with Gasteiger partial charge in [0.2, 0.25) is 5.91 Å². The highest BCUT2D eigenvalue weighted by molar-refractivity contribution is 5.88. The summed E-state index contributed by atoms with van der Waals surface area (Å²) in [5.74, 6) is -0.960. The molecule has 1 amide bonds. The third kappa shape index (κ3) is 3.98. The summed E-state index contributed by atoms with van der Waals surface area (Å²) >= 11 is 0. The Morgan fingerprint density at radius 1 is 1.18 bits per heavy atom. The third-order valence-electron chi connectivity index (χ3n) is 3.89. The standard InChI is InChI=1S/C19H17FN4O4/c1-12(25)21-15-4-3-5-16(10-15)24-19(27)23(18(26)17(22-24)28-2)11-13-6-8-14(20)9-7-13/h3-10H,11H2,1-2H3,(H,21,25). The van der Waals surface area contributed by atoms with Crippen LogP contribution in [-0.2, 0) is 11.3 Å². The fraction of sp³-hybridized carbons (Fsp3) is 0.158. The number of halogens is 1. The highest BCUT2D eigenvalue weighted by Crippen LogP contribution is 2.13. The fourth-order valence-corrected chi connectivity index (χ4v) is 2.62. The van der Waals surface area contributed by atoms with Gasteiger partial charge in [-0.2, -0.15) is 4.68 Å². The summed E-state index contributed by atoms with van der Waals surface area (Å²) < 4.78 is 20.1. The lowest BCUT2D eigenvalue weighted by Crippen LogP contribution is -2.41. The van der Waals surface area contributed by atoms with Crippen LogP contribution >= 0.6 is 0 Å². The van der Waals surface area contributed by atoms with Crippen molar-refractivity contribution in [2.75, 3.05) is 12.4 Å². The molecule has 0 aliphatic carbocycles. The molecule has 2 aromatic carbocycles. The highest BCUT2D eigenvalue weighted by Gasteiger charge is 2.16. The van der Waals surface area contributed by atoms with E-state index in [2.05, 4.69) is 10.4 Å². The van der Waals surface area contributed by atoms with E-state index in [9.17, 15) is 18.8 Å². The predicted molar refractivity (Wildman–Crippen MR) is 100 cm³/mol. The van der Waals surface area contributed by atoms with Gasteiger partial charge in [0.25, 0.3) is 5.88 Å². The predicted octanol–water partition coefficient (Wildman–Crippen LogP) is 1.55. The van der Waals surface area contributed by atoms with E-state index in [1.165, 1.54) is 38.3 Å². The van der Waals surface area contributed by atoms with Crippen molar-refractivity contribution in [1.82, 2.24) is 14.3 Å². The molecule has 28 heavy (non-hydrogen) atoms. The Labute approximate surface area is 158 Å². The summed E-state index contributed by atoms with van der Waals surface area (Å²) in [6.07, 6.45) is 0. The normalized spacial score (nSPS) is 10.5. The van der Waals surface area contributed by atoms with Gasteiger partial charge in [-0.25, -0.2) is 13.8 Å². The second-order valence-electron chi connectivity index (χ2n) is 5.95. The Morgan fingerprint density at radius 3 is 2.54 bits per heavy atom. The molecule has 1 aromatic heterocycles. The third-order valence-corrected chi connectivity index (χ3v) is 3.89. The van der Waals surface area contributed by atoms with Crippen LogP contribution in [0.2, 0.25) is 0 Å². The Morgan fingerprint density at radius 2 is 1.89 bits per heavy atom. The molecule has 0 saturated carbocycles. The maximum Gasteiger partial charge on any atom is 0.352 e. The van der Waals surface area contributed by atoms with Gasteiger partial charge in [-0.1, -0.05) is 18.2 Å². The molecule has 0 aliphatic rings. The number of nitrogens with zero attached hydrogens (tertiary/aromatic N) is 3. The molecule has 144 valence electrons. The summed E-state index contributed by atoms with van der Waals surface area (Å²) in [7, 11) is 1.27. The van der Waals surface area contributed by atoms with Crippen LogP contribution in [0.1, 0.15) is 12.5 Å². The molecule has 3 aromatic rings. The number of carbonyl (C=O) groups excluding carboxylic acids is 1. The number of methoxy groups -OCH3 is 1. The molecule has 0 bridgehead atoms. The van der Waals surface area contributed by atoms with E-state index in [1.807, 2.05) is 0 Å². The number of benzene rings is 2. The van der Waals surface area contributed by atoms with Gasteiger partial charge in [0.05, 0.1) is 19.3 Å². The Balaban J connectivity index is 2.12. The Kier molecular flexibility index (Phi) is 5.35. The molecule has 0 saturated heterocycles. The number of rotatable bonds is 5. The van der Waals surface area contributed by atoms with Crippen molar-refractivity contribution in [2.45, 2.75) is 13.5 Å². The van der Waals surface area contributed by atoms with Crippen LogP contribution in [0, 0.1) is 5.82 Å². The van der Waals surface area contributed by atoms with E-state index in [0.717, 1.165) is 9.25 Å². The van der Waals surface area contributed by atoms with Crippen LogP contribution < -0.4 is 21.3 Å². The molecule has 0 fully saturated rings. The van der Waals surface area contributed by atoms with Crippen LogP contribution in [0.25, 0.3) is 5.69 Å². The van der Waals surface area contributed by atoms with E-state index in [-0.39, 0.29) is 18.3 Å². The summed E-state index contributed by atoms with van der Waals surface area (Å²) in [6, 6.07) is 11.9. The van der Waals surface area contributed by atoms with Gasteiger partial charge < -0.3 is 10.1 Å². The van der Waals surface area contributed by atoms with Crippen molar-refractivity contribution >= 4 is 11.6 Å². The van der Waals surface area contributed by atoms with Crippen LogP contribution in [0.4, 0.5) is 10.1 Å². The smallest absolute Gasteiger partial charge is 0.352 e. The van der Waals surface area contributed by atoms with Crippen LogP contribution in [0.15, 0.2) is 58.1 Å². The number of nitrogens with one attached hydrogen (secondary N) is 1. The van der Waals surface area contributed by atoms with Gasteiger partial charge in [0.15, 0.2) is 0 Å². The summed E-state index contributed by atoms with van der Waals surface area (Å²) in [4.78, 5) is 36.7. The maximum absolute atomic E-state index is 13.1. The van der Waals surface area contributed by atoms with Gasteiger partial charge in [0.1, 0.15) is 5.82 Å². The van der Waals surface area contributed by atoms with E-state index < -0.39 is 17.1 Å². The van der Waals surface area contributed by atoms with E-state index in [0.29, 0.717) is 16.9 Å². The van der Waals surface area contributed by atoms with E-state index in [1.54, 1.807) is 24.3 Å². The van der Waals surface area contributed by atoms with Crippen LogP contribution in [0.3, 0.4) is 0 Å². The number of aromatic nitrogens is 3. The van der Waals surface area contributed by atoms with Crippen molar-refractivity contribution in [1.29, 1.82) is 0 Å². The Bertz CT molecular complexity index is 1140. The molecule has 1 N–H and O–H groups in total. The monoisotopic (exact) mass is 384 g/mol. The van der Waals surface area contributed by atoms with E-state index >= 15 is 0 Å². The number of hydrogen-bond donors (Lipinski definition) is 1. The second kappa shape index (κ2) is 7.87. The molecule has 9 heteroatoms. The maximum atomic E-state index is 13.1. The van der Waals surface area contributed by atoms with Crippen molar-refractivity contribution in [3.8, 4) is 11.6 Å². The lowest BCUT2D eigenvalue weighted by Gasteiger charge is -2.12. The topological polar surface area (TPSA) is 95.2 Å². The molecule has 0 atom stereocenters. The second-order valence-corrected chi connectivity index (χ2v) is 5.95. The van der Waals surface area contributed by atoms with E-state index in [4.69, 9.17) is 4.74 Å². The van der Waals surface area contributed by atoms with Crippen molar-refractivity contribution in [3.63, 3.8) is 0 Å². The van der Waals surface area contributed by atoms with Gasteiger partial charge in [-0.15, -0.1) is 5.10 Å². The fourth-order valence-electron chi connectivity index (χ4n) is 2.62. The lowest BCUT2D eigenvalue weighted by atomic mass is 10.2. The van der Waals surface area contributed by atoms with Crippen LogP contribution in [-0.4, -0.2) is 27.4 Å². The van der Waals surface area contributed by atoms with Gasteiger partial charge >= 0.3 is 11.2 Å². The molecule has 8 nitrogen and oxygen atoms in total. The first kappa shape index (κ1) is 19.0. The minimum atomic E-state index is -0.703. The molecular formula is C19H17FN4O4. The number of hydrogen-bond acceptors (Lipinski definition) is 5. The number of anilines is 1. The summed E-state index contributed by atoms with van der Waals surface area (Å²) in [5.41, 5.74) is -0.0371. The SMILES string of the molecule is COc1nn(-c2cccc(NC(C)=O)c2)c(=O)n(Cc2ccc(F)cc2)c1=O. The van der Waals surface area contributed by atoms with Crippen molar-refractivity contribution in [2.24, 2.45) is 0 Å². The number of amides is 1. The first-order valence-electron chi connectivity index (χ1n) is 8.29. The van der Waals surface area contributed by atoms with Crippen molar-refractivity contribution in [3.05, 3.63) is 80.7 Å². The first-order chi connectivity index (χ1) is 13.4. The van der Waals surface area contributed by atoms with Crippen LogP contribution in [0.5, 0.6) is 5.88 Å². The number of ether oxygens (including phenoxy) is 1. The van der Waals surface area contributed by atoms with Gasteiger partial charge in [0, 0.05) is 12.6 Å². The minimum Gasteiger partial charge on any atom is -0.476 e. The first-order valence-corrected chi connectivity index (χ1v) is 8.29. The van der Waals surface area contributed by atoms with Crippen molar-refractivity contribution < 1.29 is 13.9 Å². The highest BCUT2D eigenvalue weighted by atomic mass is 19.1. The zero-order valence-corrected chi connectivity index (χ0v) is 15.2. The molecular weight excluding hydrogens is 367 g/mol. The largest absolute Gasteiger partial charge is 0.476 e.